The Balaban J connectivity index is 2.46. The lowest BCUT2D eigenvalue weighted by molar-refractivity contribution is 0.102. The molecule has 0 spiro atoms. The Labute approximate surface area is 112 Å². The number of carbonyl (C=O) groups is 1. The molecule has 3 nitrogen and oxygen atoms in total. The molecule has 0 radical (unpaired) electrons. The summed E-state index contributed by atoms with van der Waals surface area (Å²) in [6.45, 7) is 6.32. The molecule has 0 bridgehead atoms. The van der Waals surface area contributed by atoms with Gasteiger partial charge in [-0.1, -0.05) is 6.92 Å². The Morgan fingerprint density at radius 2 is 2.05 bits per heavy atom. The number of aryl methyl sites for hydroxylation is 3. The second kappa shape index (κ2) is 5.34. The Bertz CT molecular complexity index is 617. The SMILES string of the molecule is CCc1cc(C(=O)c2ccc(F)cc2C)n(CC)n1. The van der Waals surface area contributed by atoms with Crippen LogP contribution in [0.2, 0.25) is 0 Å². The fourth-order valence-corrected chi connectivity index (χ4v) is 2.09. The molecule has 0 fully saturated rings. The summed E-state index contributed by atoms with van der Waals surface area (Å²) < 4.78 is 14.8. The maximum absolute atomic E-state index is 13.1. The molecule has 0 N–H and O–H groups in total. The summed E-state index contributed by atoms with van der Waals surface area (Å²) in [6.07, 6.45) is 0.787. The zero-order valence-corrected chi connectivity index (χ0v) is 11.4. The number of rotatable bonds is 4. The molecule has 0 aliphatic carbocycles. The van der Waals surface area contributed by atoms with Crippen molar-refractivity contribution in [2.24, 2.45) is 0 Å². The summed E-state index contributed by atoms with van der Waals surface area (Å²) in [4.78, 5) is 12.5. The summed E-state index contributed by atoms with van der Waals surface area (Å²) >= 11 is 0. The van der Waals surface area contributed by atoms with E-state index < -0.39 is 0 Å². The smallest absolute Gasteiger partial charge is 0.211 e. The van der Waals surface area contributed by atoms with Crippen molar-refractivity contribution in [2.75, 3.05) is 0 Å². The van der Waals surface area contributed by atoms with Gasteiger partial charge in [-0.3, -0.25) is 9.48 Å². The Morgan fingerprint density at radius 3 is 2.63 bits per heavy atom. The van der Waals surface area contributed by atoms with Crippen molar-refractivity contribution in [2.45, 2.75) is 33.7 Å². The molecule has 0 saturated carbocycles. The highest BCUT2D eigenvalue weighted by Crippen LogP contribution is 2.16. The summed E-state index contributed by atoms with van der Waals surface area (Å²) in [5.41, 5.74) is 2.63. The fourth-order valence-electron chi connectivity index (χ4n) is 2.09. The van der Waals surface area contributed by atoms with Crippen molar-refractivity contribution >= 4 is 5.78 Å². The van der Waals surface area contributed by atoms with E-state index in [1.165, 1.54) is 18.2 Å². The fraction of sp³-hybridized carbons (Fsp3) is 0.333. The summed E-state index contributed by atoms with van der Waals surface area (Å²) in [7, 11) is 0. The van der Waals surface area contributed by atoms with E-state index in [-0.39, 0.29) is 11.6 Å². The van der Waals surface area contributed by atoms with Crippen molar-refractivity contribution in [3.05, 3.63) is 52.6 Å². The largest absolute Gasteiger partial charge is 0.287 e. The number of hydrogen-bond acceptors (Lipinski definition) is 2. The van der Waals surface area contributed by atoms with Crippen LogP contribution in [0.4, 0.5) is 4.39 Å². The maximum atomic E-state index is 13.1. The molecule has 100 valence electrons. The Hall–Kier alpha value is -1.97. The van der Waals surface area contributed by atoms with Gasteiger partial charge in [0.1, 0.15) is 11.5 Å². The van der Waals surface area contributed by atoms with Crippen molar-refractivity contribution in [1.29, 1.82) is 0 Å². The first-order valence-corrected chi connectivity index (χ1v) is 6.44. The van der Waals surface area contributed by atoms with Crippen LogP contribution in [0.1, 0.15) is 41.2 Å². The van der Waals surface area contributed by atoms with Gasteiger partial charge in [0.2, 0.25) is 5.78 Å². The predicted octanol–water partition coefficient (Wildman–Crippen LogP) is 3.14. The normalized spacial score (nSPS) is 10.7. The molecule has 19 heavy (non-hydrogen) atoms. The van der Waals surface area contributed by atoms with Crippen LogP contribution in [0.3, 0.4) is 0 Å². The quantitative estimate of drug-likeness (QED) is 0.791. The minimum absolute atomic E-state index is 0.105. The number of aromatic nitrogens is 2. The number of nitrogens with zero attached hydrogens (tertiary/aromatic N) is 2. The van der Waals surface area contributed by atoms with Crippen LogP contribution in [-0.4, -0.2) is 15.6 Å². The molecule has 0 unspecified atom stereocenters. The summed E-state index contributed by atoms with van der Waals surface area (Å²) in [5, 5.41) is 4.36. The molecule has 0 amide bonds. The van der Waals surface area contributed by atoms with Gasteiger partial charge in [0.25, 0.3) is 0 Å². The van der Waals surface area contributed by atoms with E-state index in [0.29, 0.717) is 23.4 Å². The van der Waals surface area contributed by atoms with Gasteiger partial charge in [-0.2, -0.15) is 5.10 Å². The molecule has 0 atom stereocenters. The van der Waals surface area contributed by atoms with E-state index in [9.17, 15) is 9.18 Å². The monoisotopic (exact) mass is 260 g/mol. The zero-order chi connectivity index (χ0) is 14.0. The van der Waals surface area contributed by atoms with Crippen LogP contribution < -0.4 is 0 Å². The minimum Gasteiger partial charge on any atom is -0.287 e. The van der Waals surface area contributed by atoms with Crippen molar-refractivity contribution in [3.63, 3.8) is 0 Å². The number of ketones is 1. The molecule has 1 heterocycles. The van der Waals surface area contributed by atoms with Gasteiger partial charge in [-0.15, -0.1) is 0 Å². The highest BCUT2D eigenvalue weighted by atomic mass is 19.1. The van der Waals surface area contributed by atoms with Crippen LogP contribution in [-0.2, 0) is 13.0 Å². The second-order valence-corrected chi connectivity index (χ2v) is 4.48. The van der Waals surface area contributed by atoms with Gasteiger partial charge in [0.05, 0.1) is 5.69 Å². The second-order valence-electron chi connectivity index (χ2n) is 4.48. The van der Waals surface area contributed by atoms with Gasteiger partial charge < -0.3 is 0 Å². The molecular weight excluding hydrogens is 243 g/mol. The number of hydrogen-bond donors (Lipinski definition) is 0. The lowest BCUT2D eigenvalue weighted by atomic mass is 10.0. The predicted molar refractivity (Wildman–Crippen MR) is 71.8 cm³/mol. The van der Waals surface area contributed by atoms with Crippen LogP contribution in [0.25, 0.3) is 0 Å². The zero-order valence-electron chi connectivity index (χ0n) is 11.4. The van der Waals surface area contributed by atoms with Gasteiger partial charge in [0.15, 0.2) is 0 Å². The summed E-state index contributed by atoms with van der Waals surface area (Å²) in [6, 6.07) is 6.04. The van der Waals surface area contributed by atoms with Crippen LogP contribution in [0.15, 0.2) is 24.3 Å². The molecule has 1 aromatic carbocycles. The van der Waals surface area contributed by atoms with E-state index in [2.05, 4.69) is 5.10 Å². The average Bonchev–Trinajstić information content (AvgIpc) is 2.81. The number of benzene rings is 1. The van der Waals surface area contributed by atoms with Crippen molar-refractivity contribution in [3.8, 4) is 0 Å². The lowest BCUT2D eigenvalue weighted by Gasteiger charge is -2.06. The van der Waals surface area contributed by atoms with E-state index in [4.69, 9.17) is 0 Å². The highest BCUT2D eigenvalue weighted by molar-refractivity contribution is 6.08. The molecule has 2 aromatic rings. The van der Waals surface area contributed by atoms with Gasteiger partial charge >= 0.3 is 0 Å². The van der Waals surface area contributed by atoms with E-state index >= 15 is 0 Å². The standard InChI is InChI=1S/C15H17FN2O/c1-4-12-9-14(18(5-2)17-12)15(19)13-7-6-11(16)8-10(13)3/h6-9H,4-5H2,1-3H3. The van der Waals surface area contributed by atoms with E-state index in [0.717, 1.165) is 12.1 Å². The van der Waals surface area contributed by atoms with Gasteiger partial charge in [-0.05, 0) is 50.1 Å². The molecule has 0 aliphatic rings. The molecule has 0 saturated heterocycles. The first-order valence-electron chi connectivity index (χ1n) is 6.44. The first kappa shape index (κ1) is 13.5. The third-order valence-corrected chi connectivity index (χ3v) is 3.16. The number of carbonyl (C=O) groups excluding carboxylic acids is 1. The van der Waals surface area contributed by atoms with Crippen LogP contribution in [0.5, 0.6) is 0 Å². The lowest BCUT2D eigenvalue weighted by Crippen LogP contribution is -2.11. The van der Waals surface area contributed by atoms with Crippen LogP contribution >= 0.6 is 0 Å². The highest BCUT2D eigenvalue weighted by Gasteiger charge is 2.17. The van der Waals surface area contributed by atoms with Gasteiger partial charge in [-0.25, -0.2) is 4.39 Å². The third kappa shape index (κ3) is 2.57. The molecule has 2 rings (SSSR count). The minimum atomic E-state index is -0.327. The Morgan fingerprint density at radius 1 is 1.32 bits per heavy atom. The van der Waals surface area contributed by atoms with Crippen molar-refractivity contribution in [1.82, 2.24) is 9.78 Å². The number of halogens is 1. The van der Waals surface area contributed by atoms with E-state index in [1.807, 2.05) is 19.9 Å². The van der Waals surface area contributed by atoms with Crippen molar-refractivity contribution < 1.29 is 9.18 Å². The molecule has 0 aliphatic heterocycles. The summed E-state index contributed by atoms with van der Waals surface area (Å²) in [5.74, 6) is -0.432. The molecular formula is C15H17FN2O. The molecule has 4 heteroatoms. The maximum Gasteiger partial charge on any atom is 0.211 e. The van der Waals surface area contributed by atoms with Crippen LogP contribution in [0, 0.1) is 12.7 Å². The topological polar surface area (TPSA) is 34.9 Å². The Kier molecular flexibility index (Phi) is 3.79. The van der Waals surface area contributed by atoms with E-state index in [1.54, 1.807) is 11.6 Å². The average molecular weight is 260 g/mol. The molecule has 1 aromatic heterocycles. The first-order chi connectivity index (χ1) is 9.06. The van der Waals surface area contributed by atoms with Gasteiger partial charge in [0, 0.05) is 12.1 Å². The third-order valence-electron chi connectivity index (χ3n) is 3.16.